The van der Waals surface area contributed by atoms with Crippen molar-refractivity contribution in [3.05, 3.63) is 36.0 Å². The van der Waals surface area contributed by atoms with Gasteiger partial charge in [-0.25, -0.2) is 0 Å². The molecule has 7 nitrogen and oxygen atoms in total. The lowest BCUT2D eigenvalue weighted by Crippen LogP contribution is -2.45. The van der Waals surface area contributed by atoms with Gasteiger partial charge < -0.3 is 14.9 Å². The molecule has 2 amide bonds. The number of nitrogens with zero attached hydrogens (tertiary/aromatic N) is 4. The summed E-state index contributed by atoms with van der Waals surface area (Å²) in [6.07, 6.45) is 7.52. The van der Waals surface area contributed by atoms with E-state index in [1.54, 1.807) is 16.4 Å². The molecule has 2 aromatic rings. The lowest BCUT2D eigenvalue weighted by Gasteiger charge is -2.37. The van der Waals surface area contributed by atoms with E-state index in [1.807, 2.05) is 0 Å². The number of aliphatic hydroxyl groups is 1. The minimum absolute atomic E-state index is 0.00182. The maximum atomic E-state index is 13.6. The standard InChI is InChI=1S/C29H33IN4O3S/c30-29(37)13-19-21-22(19)25(29)24-23(21)27(35)34(28(24)36)15-17-6-2-1-5-16(17)14-32-9-11-33(12-10-32)26-18-7-3-4-8-20(18)38-31-26/h3-4,7-8,14,17,19,21-25,37H,1-2,5-6,9-13,15H2/b16-14+/t17-,19-,21+,22?,23-,24-,25-,29-/m0/s1. The summed E-state index contributed by atoms with van der Waals surface area (Å²) in [7, 11) is 0. The number of imide groups is 1. The van der Waals surface area contributed by atoms with Crippen LogP contribution in [0.4, 0.5) is 5.82 Å². The molecular weight excluding hydrogens is 611 g/mol. The third kappa shape index (κ3) is 3.49. The van der Waals surface area contributed by atoms with Crippen molar-refractivity contribution in [3.63, 3.8) is 0 Å². The Morgan fingerprint density at radius 1 is 1.08 bits per heavy atom. The molecule has 200 valence electrons. The van der Waals surface area contributed by atoms with Crippen molar-refractivity contribution in [1.29, 1.82) is 0 Å². The number of benzene rings is 1. The molecule has 4 aliphatic carbocycles. The molecule has 6 aliphatic rings. The molecule has 0 bridgehead atoms. The number of likely N-dealkylation sites (tertiary alicyclic amines) is 1. The van der Waals surface area contributed by atoms with Crippen molar-refractivity contribution in [2.45, 2.75) is 35.7 Å². The van der Waals surface area contributed by atoms with Crippen molar-refractivity contribution in [2.24, 2.45) is 41.4 Å². The van der Waals surface area contributed by atoms with Crippen LogP contribution in [0.2, 0.25) is 0 Å². The molecule has 0 spiro atoms. The van der Waals surface area contributed by atoms with Crippen LogP contribution < -0.4 is 4.90 Å². The Hall–Kier alpha value is -1.72. The number of halogens is 1. The Kier molecular flexibility index (Phi) is 5.48. The molecule has 1 unspecified atom stereocenters. The minimum Gasteiger partial charge on any atom is -0.379 e. The Bertz CT molecular complexity index is 1350. The number of alkyl halides is 1. The summed E-state index contributed by atoms with van der Waals surface area (Å²) in [5.74, 6) is 2.12. The van der Waals surface area contributed by atoms with Crippen molar-refractivity contribution in [1.82, 2.24) is 14.2 Å². The van der Waals surface area contributed by atoms with Crippen LogP contribution in [-0.2, 0) is 9.59 Å². The third-order valence-corrected chi connectivity index (χ3v) is 12.5. The second-order valence-electron chi connectivity index (χ2n) is 12.4. The van der Waals surface area contributed by atoms with E-state index in [4.69, 9.17) is 4.37 Å². The topological polar surface area (TPSA) is 77.0 Å². The molecule has 3 heterocycles. The van der Waals surface area contributed by atoms with Crippen molar-refractivity contribution in [3.8, 4) is 0 Å². The van der Waals surface area contributed by atoms with E-state index >= 15 is 0 Å². The first kappa shape index (κ1) is 24.1. The molecule has 2 saturated heterocycles. The summed E-state index contributed by atoms with van der Waals surface area (Å²) in [6, 6.07) is 8.46. The number of aromatic nitrogens is 1. The number of carbonyl (C=O) groups is 2. The van der Waals surface area contributed by atoms with E-state index in [2.05, 4.69) is 62.9 Å². The van der Waals surface area contributed by atoms with Crippen LogP contribution in [0.15, 0.2) is 36.0 Å². The van der Waals surface area contributed by atoms with Gasteiger partial charge in [0.15, 0.2) is 0 Å². The van der Waals surface area contributed by atoms with Gasteiger partial charge in [0.25, 0.3) is 0 Å². The molecule has 8 atom stereocenters. The van der Waals surface area contributed by atoms with Crippen molar-refractivity contribution < 1.29 is 14.7 Å². The summed E-state index contributed by atoms with van der Waals surface area (Å²) in [5, 5.41) is 12.2. The lowest BCUT2D eigenvalue weighted by molar-refractivity contribution is -0.142. The number of piperazine rings is 1. The van der Waals surface area contributed by atoms with Crippen LogP contribution in [0, 0.1) is 41.4 Å². The third-order valence-electron chi connectivity index (χ3n) is 10.5. The van der Waals surface area contributed by atoms with E-state index in [9.17, 15) is 14.7 Å². The summed E-state index contributed by atoms with van der Waals surface area (Å²) in [6.45, 7) is 4.32. The van der Waals surface area contributed by atoms with Crippen molar-refractivity contribution in [2.75, 3.05) is 37.6 Å². The van der Waals surface area contributed by atoms with Crippen LogP contribution in [0.5, 0.6) is 0 Å². The highest BCUT2D eigenvalue weighted by atomic mass is 127. The Balaban J connectivity index is 0.960. The molecule has 2 aliphatic heterocycles. The molecule has 1 aromatic heterocycles. The zero-order valence-corrected chi connectivity index (χ0v) is 24.3. The fraction of sp³-hybridized carbons (Fsp3) is 0.621. The molecule has 0 radical (unpaired) electrons. The highest BCUT2D eigenvalue weighted by molar-refractivity contribution is 14.1. The van der Waals surface area contributed by atoms with Gasteiger partial charge in [-0.3, -0.25) is 14.5 Å². The van der Waals surface area contributed by atoms with Gasteiger partial charge >= 0.3 is 0 Å². The van der Waals surface area contributed by atoms with E-state index in [0.29, 0.717) is 24.3 Å². The Labute approximate surface area is 240 Å². The molecule has 6 fully saturated rings. The fourth-order valence-corrected chi connectivity index (χ4v) is 10.9. The molecule has 8 rings (SSSR count). The first-order valence-electron chi connectivity index (χ1n) is 14.2. The van der Waals surface area contributed by atoms with E-state index in [0.717, 1.165) is 57.7 Å². The van der Waals surface area contributed by atoms with Gasteiger partial charge in [0.2, 0.25) is 11.8 Å². The average Bonchev–Trinajstić information content (AvgIpc) is 3.23. The number of hydrogen-bond donors (Lipinski definition) is 1. The zero-order valence-electron chi connectivity index (χ0n) is 21.3. The molecule has 1 N–H and O–H groups in total. The molecule has 38 heavy (non-hydrogen) atoms. The molecular formula is C29H33IN4O3S. The smallest absolute Gasteiger partial charge is 0.233 e. The normalized spacial score (nSPS) is 40.9. The number of rotatable bonds is 4. The molecule has 4 saturated carbocycles. The van der Waals surface area contributed by atoms with Crippen LogP contribution in [0.1, 0.15) is 32.1 Å². The zero-order chi connectivity index (χ0) is 25.8. The van der Waals surface area contributed by atoms with Crippen LogP contribution in [-0.4, -0.2) is 67.4 Å². The Morgan fingerprint density at radius 3 is 2.71 bits per heavy atom. The first-order chi connectivity index (χ1) is 18.4. The number of carbonyl (C=O) groups excluding carboxylic acids is 2. The number of fused-ring (bicyclic) bond motifs is 5. The van der Waals surface area contributed by atoms with E-state index in [-0.39, 0.29) is 35.5 Å². The van der Waals surface area contributed by atoms with Gasteiger partial charge in [-0.15, -0.1) is 0 Å². The van der Waals surface area contributed by atoms with Gasteiger partial charge in [0, 0.05) is 44.0 Å². The number of amides is 2. The fourth-order valence-electron chi connectivity index (χ4n) is 8.83. The van der Waals surface area contributed by atoms with Crippen LogP contribution >= 0.6 is 34.1 Å². The lowest BCUT2D eigenvalue weighted by atomic mass is 9.84. The van der Waals surface area contributed by atoms with E-state index in [1.165, 1.54) is 22.1 Å². The number of hydrogen-bond acceptors (Lipinski definition) is 7. The first-order valence-corrected chi connectivity index (χ1v) is 16.1. The van der Waals surface area contributed by atoms with E-state index < -0.39 is 3.61 Å². The highest BCUT2D eigenvalue weighted by Crippen LogP contribution is 2.77. The summed E-state index contributed by atoms with van der Waals surface area (Å²) in [4.78, 5) is 33.6. The second kappa shape index (κ2) is 8.64. The second-order valence-corrected chi connectivity index (χ2v) is 15.1. The van der Waals surface area contributed by atoms with Gasteiger partial charge in [0.1, 0.15) is 9.43 Å². The molecule has 1 aromatic carbocycles. The summed E-state index contributed by atoms with van der Waals surface area (Å²) >= 11 is 3.72. The SMILES string of the molecule is O=C1[C@@H]2[C@H](C(=O)N1C[C@@H]1CCCC/C1=C\N1CCN(c3nsc4ccccc34)CC1)[C@@H]1C3[C@H]2[C@@H]3C[C@@]1(O)I. The Morgan fingerprint density at radius 2 is 1.87 bits per heavy atom. The monoisotopic (exact) mass is 644 g/mol. The van der Waals surface area contributed by atoms with Gasteiger partial charge in [0.05, 0.1) is 16.5 Å². The maximum absolute atomic E-state index is 13.6. The average molecular weight is 645 g/mol. The quantitative estimate of drug-likeness (QED) is 0.307. The predicted octanol–water partition coefficient (Wildman–Crippen LogP) is 4.11. The van der Waals surface area contributed by atoms with Crippen LogP contribution in [0.25, 0.3) is 10.1 Å². The maximum Gasteiger partial charge on any atom is 0.233 e. The predicted molar refractivity (Wildman–Crippen MR) is 155 cm³/mol. The van der Waals surface area contributed by atoms with Crippen LogP contribution in [0.3, 0.4) is 0 Å². The summed E-state index contributed by atoms with van der Waals surface area (Å²) in [5.41, 5.74) is 1.40. The van der Waals surface area contributed by atoms with Gasteiger partial charge in [-0.05, 0) is 107 Å². The highest BCUT2D eigenvalue weighted by Gasteiger charge is 2.81. The molecule has 9 heteroatoms. The number of anilines is 1. The van der Waals surface area contributed by atoms with Gasteiger partial charge in [-0.2, -0.15) is 4.37 Å². The minimum atomic E-state index is -0.822. The van der Waals surface area contributed by atoms with Gasteiger partial charge in [-0.1, -0.05) is 18.6 Å². The van der Waals surface area contributed by atoms with Crippen molar-refractivity contribution >= 4 is 61.8 Å². The largest absolute Gasteiger partial charge is 0.379 e. The summed E-state index contributed by atoms with van der Waals surface area (Å²) < 4.78 is 5.16.